The Labute approximate surface area is 157 Å². The summed E-state index contributed by atoms with van der Waals surface area (Å²) < 4.78 is 5.98. The van der Waals surface area contributed by atoms with Crippen LogP contribution in [0.5, 0.6) is 0 Å². The molecule has 1 unspecified atom stereocenters. The second-order valence-electron chi connectivity index (χ2n) is 6.80. The predicted octanol–water partition coefficient (Wildman–Crippen LogP) is 4.08. The molecule has 1 saturated heterocycles. The number of likely N-dealkylation sites (tertiary alicyclic amines) is 1. The third kappa shape index (κ3) is 3.61. The molecule has 0 bridgehead atoms. The van der Waals surface area contributed by atoms with E-state index in [1.165, 1.54) is 0 Å². The summed E-state index contributed by atoms with van der Waals surface area (Å²) in [5, 5.41) is 9.38. The maximum Gasteiger partial charge on any atom is 0.336 e. The van der Waals surface area contributed by atoms with Crippen LogP contribution in [0.4, 0.5) is 0 Å². The van der Waals surface area contributed by atoms with Crippen LogP contribution in [0.15, 0.2) is 53.1 Å². The first kappa shape index (κ1) is 17.4. The molecule has 1 atom stereocenters. The molecule has 4 rings (SSSR count). The lowest BCUT2D eigenvalue weighted by Crippen LogP contribution is -2.24. The zero-order chi connectivity index (χ0) is 18.8. The lowest BCUT2D eigenvalue weighted by atomic mass is 10.1. The van der Waals surface area contributed by atoms with Crippen LogP contribution < -0.4 is 0 Å². The van der Waals surface area contributed by atoms with Crippen LogP contribution in [0.25, 0.3) is 11.3 Å². The molecule has 27 heavy (non-hydrogen) atoms. The summed E-state index contributed by atoms with van der Waals surface area (Å²) in [4.78, 5) is 22.8. The van der Waals surface area contributed by atoms with E-state index in [-0.39, 0.29) is 11.6 Å². The second-order valence-corrected chi connectivity index (χ2v) is 6.80. The van der Waals surface area contributed by atoms with E-state index in [9.17, 15) is 9.90 Å². The molecular weight excluding hydrogens is 342 g/mol. The average Bonchev–Trinajstić information content (AvgIpc) is 3.32. The van der Waals surface area contributed by atoms with Gasteiger partial charge in [0.1, 0.15) is 17.3 Å². The van der Waals surface area contributed by atoms with Crippen molar-refractivity contribution in [1.82, 2.24) is 14.9 Å². The quantitative estimate of drug-likeness (QED) is 0.736. The second kappa shape index (κ2) is 7.32. The number of benzene rings is 1. The van der Waals surface area contributed by atoms with E-state index in [0.29, 0.717) is 17.9 Å². The zero-order valence-electron chi connectivity index (χ0n) is 15.1. The first-order chi connectivity index (χ1) is 13.1. The fraction of sp³-hybridized carbons (Fsp3) is 0.286. The summed E-state index contributed by atoms with van der Waals surface area (Å²) in [7, 11) is 0. The van der Waals surface area contributed by atoms with Crippen molar-refractivity contribution >= 4 is 5.97 Å². The van der Waals surface area contributed by atoms with Crippen molar-refractivity contribution < 1.29 is 14.3 Å². The molecule has 6 nitrogen and oxygen atoms in total. The van der Waals surface area contributed by atoms with Crippen molar-refractivity contribution in [1.29, 1.82) is 0 Å². The van der Waals surface area contributed by atoms with Crippen LogP contribution in [0.3, 0.4) is 0 Å². The van der Waals surface area contributed by atoms with Gasteiger partial charge in [-0.25, -0.2) is 14.8 Å². The third-order valence-corrected chi connectivity index (χ3v) is 4.92. The molecule has 0 aliphatic carbocycles. The number of carbonyl (C=O) groups is 1. The van der Waals surface area contributed by atoms with Gasteiger partial charge >= 0.3 is 5.97 Å². The van der Waals surface area contributed by atoms with E-state index in [2.05, 4.69) is 14.9 Å². The highest BCUT2D eigenvalue weighted by Gasteiger charge is 2.29. The molecular formula is C21H21N3O3. The van der Waals surface area contributed by atoms with Crippen LogP contribution in [0.2, 0.25) is 0 Å². The molecule has 6 heteroatoms. The SMILES string of the molecule is Cc1ccnc(C2CCCN2Cc2ccc(-c3ccccc3C(=O)O)o2)n1. The van der Waals surface area contributed by atoms with Crippen molar-refractivity contribution in [3.63, 3.8) is 0 Å². The van der Waals surface area contributed by atoms with Crippen LogP contribution in [-0.4, -0.2) is 32.5 Å². The summed E-state index contributed by atoms with van der Waals surface area (Å²) in [6, 6.07) is 12.7. The minimum absolute atomic E-state index is 0.185. The Morgan fingerprint density at radius 1 is 1.26 bits per heavy atom. The predicted molar refractivity (Wildman–Crippen MR) is 100 cm³/mol. The van der Waals surface area contributed by atoms with Gasteiger partial charge in [-0.2, -0.15) is 0 Å². The number of hydrogen-bond acceptors (Lipinski definition) is 5. The minimum Gasteiger partial charge on any atom is -0.478 e. The molecule has 0 amide bonds. The van der Waals surface area contributed by atoms with Crippen molar-refractivity contribution in [3.05, 3.63) is 71.5 Å². The van der Waals surface area contributed by atoms with Gasteiger partial charge in [-0.05, 0) is 50.6 Å². The van der Waals surface area contributed by atoms with Crippen molar-refractivity contribution in [3.8, 4) is 11.3 Å². The van der Waals surface area contributed by atoms with Crippen molar-refractivity contribution in [2.24, 2.45) is 0 Å². The zero-order valence-corrected chi connectivity index (χ0v) is 15.1. The fourth-order valence-electron chi connectivity index (χ4n) is 3.63. The van der Waals surface area contributed by atoms with E-state index in [1.807, 2.05) is 37.4 Å². The van der Waals surface area contributed by atoms with Gasteiger partial charge in [0.2, 0.25) is 0 Å². The number of furan rings is 1. The smallest absolute Gasteiger partial charge is 0.336 e. The number of aromatic nitrogens is 2. The summed E-state index contributed by atoms with van der Waals surface area (Å²) >= 11 is 0. The van der Waals surface area contributed by atoms with Gasteiger partial charge in [-0.15, -0.1) is 0 Å². The molecule has 0 spiro atoms. The van der Waals surface area contributed by atoms with Gasteiger partial charge in [0.05, 0.1) is 18.2 Å². The Bertz CT molecular complexity index is 967. The standard InChI is InChI=1S/C21H21N3O3/c1-14-10-11-22-20(23-14)18-7-4-12-24(18)13-15-8-9-19(27-15)16-5-2-3-6-17(16)21(25)26/h2-3,5-6,8-11,18H,4,7,12-13H2,1H3,(H,25,26). The lowest BCUT2D eigenvalue weighted by molar-refractivity contribution is 0.0697. The first-order valence-electron chi connectivity index (χ1n) is 9.07. The van der Waals surface area contributed by atoms with Gasteiger partial charge in [-0.3, -0.25) is 4.90 Å². The first-order valence-corrected chi connectivity index (χ1v) is 9.07. The summed E-state index contributed by atoms with van der Waals surface area (Å²) in [6.45, 7) is 3.59. The Morgan fingerprint density at radius 2 is 2.11 bits per heavy atom. The highest BCUT2D eigenvalue weighted by molar-refractivity contribution is 5.95. The number of hydrogen-bond donors (Lipinski definition) is 1. The Kier molecular flexibility index (Phi) is 4.73. The van der Waals surface area contributed by atoms with Gasteiger partial charge in [0.15, 0.2) is 0 Å². The normalized spacial score (nSPS) is 17.3. The number of aromatic carboxylic acids is 1. The lowest BCUT2D eigenvalue weighted by Gasteiger charge is -2.22. The molecule has 1 fully saturated rings. The maximum atomic E-state index is 11.4. The van der Waals surface area contributed by atoms with Gasteiger partial charge < -0.3 is 9.52 Å². The minimum atomic E-state index is -0.959. The van der Waals surface area contributed by atoms with E-state index >= 15 is 0 Å². The Morgan fingerprint density at radius 3 is 2.93 bits per heavy atom. The summed E-state index contributed by atoms with van der Waals surface area (Å²) in [6.07, 6.45) is 3.93. The topological polar surface area (TPSA) is 79.5 Å². The highest BCUT2D eigenvalue weighted by atomic mass is 16.4. The van der Waals surface area contributed by atoms with Crippen molar-refractivity contribution in [2.75, 3.05) is 6.54 Å². The third-order valence-electron chi connectivity index (χ3n) is 4.92. The number of carboxylic acid groups (broad SMARTS) is 1. The summed E-state index contributed by atoms with van der Waals surface area (Å²) in [5.41, 5.74) is 1.80. The van der Waals surface area contributed by atoms with Crippen LogP contribution >= 0.6 is 0 Å². The van der Waals surface area contributed by atoms with E-state index in [0.717, 1.165) is 36.7 Å². The van der Waals surface area contributed by atoms with Gasteiger partial charge in [-0.1, -0.05) is 18.2 Å². The molecule has 138 valence electrons. The molecule has 0 radical (unpaired) electrons. The summed E-state index contributed by atoms with van der Waals surface area (Å²) in [5.74, 6) is 1.28. The Hall–Kier alpha value is -2.99. The average molecular weight is 363 g/mol. The van der Waals surface area contributed by atoms with Crippen LogP contribution in [0.1, 0.15) is 46.5 Å². The number of nitrogens with zero attached hydrogens (tertiary/aromatic N) is 3. The number of aryl methyl sites for hydroxylation is 1. The highest BCUT2D eigenvalue weighted by Crippen LogP contribution is 2.33. The molecule has 1 N–H and O–H groups in total. The molecule has 3 aromatic rings. The number of carboxylic acids is 1. The molecule has 2 aromatic heterocycles. The molecule has 1 aliphatic heterocycles. The largest absolute Gasteiger partial charge is 0.478 e. The van der Waals surface area contributed by atoms with E-state index in [1.54, 1.807) is 18.2 Å². The fourth-order valence-corrected chi connectivity index (χ4v) is 3.63. The molecule has 0 saturated carbocycles. The monoisotopic (exact) mass is 363 g/mol. The van der Waals surface area contributed by atoms with Crippen LogP contribution in [0, 0.1) is 6.92 Å². The van der Waals surface area contributed by atoms with Crippen LogP contribution in [-0.2, 0) is 6.54 Å². The molecule has 1 aromatic carbocycles. The maximum absolute atomic E-state index is 11.4. The van der Waals surface area contributed by atoms with Gasteiger partial charge in [0.25, 0.3) is 0 Å². The molecule has 3 heterocycles. The van der Waals surface area contributed by atoms with Gasteiger partial charge in [0, 0.05) is 17.5 Å². The number of rotatable bonds is 5. The van der Waals surface area contributed by atoms with E-state index < -0.39 is 5.97 Å². The molecule has 1 aliphatic rings. The Balaban J connectivity index is 1.55. The van der Waals surface area contributed by atoms with E-state index in [4.69, 9.17) is 4.42 Å². The van der Waals surface area contributed by atoms with Crippen molar-refractivity contribution in [2.45, 2.75) is 32.4 Å².